The Balaban J connectivity index is 1.82. The highest BCUT2D eigenvalue weighted by atomic mass is 16.5. The zero-order valence-corrected chi connectivity index (χ0v) is 16.3. The lowest BCUT2D eigenvalue weighted by molar-refractivity contribution is 0.0922. The fourth-order valence-corrected chi connectivity index (χ4v) is 3.53. The molecule has 29 heavy (non-hydrogen) atoms. The van der Waals surface area contributed by atoms with Crippen LogP contribution in [0.4, 0.5) is 5.95 Å². The van der Waals surface area contributed by atoms with Crippen LogP contribution in [0.25, 0.3) is 11.3 Å². The van der Waals surface area contributed by atoms with Crippen molar-refractivity contribution in [1.29, 1.82) is 0 Å². The molecule has 9 nitrogen and oxygen atoms in total. The number of aromatic nitrogens is 4. The lowest BCUT2D eigenvalue weighted by atomic mass is 9.90. The number of anilines is 1. The van der Waals surface area contributed by atoms with Gasteiger partial charge < -0.3 is 20.5 Å². The Morgan fingerprint density at radius 1 is 1.14 bits per heavy atom. The van der Waals surface area contributed by atoms with Crippen LogP contribution in [0.3, 0.4) is 0 Å². The molecule has 1 unspecified atom stereocenters. The van der Waals surface area contributed by atoms with Crippen molar-refractivity contribution in [2.75, 3.05) is 20.0 Å². The van der Waals surface area contributed by atoms with E-state index in [9.17, 15) is 4.79 Å². The predicted octanol–water partition coefficient (Wildman–Crippen LogP) is 1.87. The van der Waals surface area contributed by atoms with E-state index in [1.54, 1.807) is 20.2 Å². The summed E-state index contributed by atoms with van der Waals surface area (Å²) < 4.78 is 10.6. The number of nitrogens with two attached hydrogens (primary N) is 1. The molecule has 0 aliphatic carbocycles. The molecule has 1 aliphatic rings. The van der Waals surface area contributed by atoms with Gasteiger partial charge >= 0.3 is 0 Å². The lowest BCUT2D eigenvalue weighted by Gasteiger charge is -2.27. The average molecular weight is 392 g/mol. The molecule has 3 aromatic rings. The monoisotopic (exact) mass is 392 g/mol. The first-order valence-corrected chi connectivity index (χ1v) is 8.98. The third kappa shape index (κ3) is 3.42. The highest BCUT2D eigenvalue weighted by molar-refractivity contribution is 5.98. The summed E-state index contributed by atoms with van der Waals surface area (Å²) in [7, 11) is 3.13. The van der Waals surface area contributed by atoms with Crippen molar-refractivity contribution in [1.82, 2.24) is 25.3 Å². The van der Waals surface area contributed by atoms with Gasteiger partial charge in [-0.3, -0.25) is 9.78 Å². The number of rotatable bonds is 4. The number of methoxy groups -OCH3 is 2. The molecule has 1 aliphatic heterocycles. The SMILES string of the molecule is COc1ccc(C2Cc3nc(N)nc(C)c3C(=O)N2)c(-c2cncc(OC)n2)c1. The maximum atomic E-state index is 12.8. The summed E-state index contributed by atoms with van der Waals surface area (Å²) in [4.78, 5) is 29.8. The van der Waals surface area contributed by atoms with Crippen molar-refractivity contribution in [3.63, 3.8) is 0 Å². The van der Waals surface area contributed by atoms with Crippen LogP contribution in [0.15, 0.2) is 30.6 Å². The van der Waals surface area contributed by atoms with Crippen LogP contribution in [-0.4, -0.2) is 40.1 Å². The van der Waals surface area contributed by atoms with Crippen LogP contribution in [0.2, 0.25) is 0 Å². The van der Waals surface area contributed by atoms with E-state index in [0.717, 1.165) is 11.1 Å². The minimum absolute atomic E-state index is 0.156. The maximum Gasteiger partial charge on any atom is 0.255 e. The van der Waals surface area contributed by atoms with Gasteiger partial charge in [-0.15, -0.1) is 0 Å². The molecule has 148 valence electrons. The Bertz CT molecular complexity index is 1100. The van der Waals surface area contributed by atoms with Gasteiger partial charge in [0, 0.05) is 12.0 Å². The maximum absolute atomic E-state index is 12.8. The molecule has 1 atom stereocenters. The number of benzene rings is 1. The molecule has 2 aromatic heterocycles. The van der Waals surface area contributed by atoms with E-state index in [-0.39, 0.29) is 17.9 Å². The zero-order chi connectivity index (χ0) is 20.5. The molecule has 4 rings (SSSR count). The molecule has 0 saturated carbocycles. The van der Waals surface area contributed by atoms with Crippen LogP contribution in [0, 0.1) is 6.92 Å². The molecule has 1 aromatic carbocycles. The second-order valence-electron chi connectivity index (χ2n) is 6.62. The fraction of sp³-hybridized carbons (Fsp3) is 0.250. The fourth-order valence-electron chi connectivity index (χ4n) is 3.53. The second-order valence-corrected chi connectivity index (χ2v) is 6.62. The van der Waals surface area contributed by atoms with Crippen molar-refractivity contribution < 1.29 is 14.3 Å². The summed E-state index contributed by atoms with van der Waals surface area (Å²) in [6, 6.07) is 5.29. The van der Waals surface area contributed by atoms with Crippen molar-refractivity contribution in [3.8, 4) is 22.9 Å². The van der Waals surface area contributed by atoms with Gasteiger partial charge in [-0.05, 0) is 24.6 Å². The number of hydrogen-bond acceptors (Lipinski definition) is 8. The van der Waals surface area contributed by atoms with Gasteiger partial charge in [0.1, 0.15) is 5.75 Å². The van der Waals surface area contributed by atoms with Crippen LogP contribution < -0.4 is 20.5 Å². The van der Waals surface area contributed by atoms with Crippen LogP contribution in [0.1, 0.15) is 33.4 Å². The van der Waals surface area contributed by atoms with Gasteiger partial charge in [0.25, 0.3) is 5.91 Å². The van der Waals surface area contributed by atoms with Gasteiger partial charge in [-0.1, -0.05) is 6.07 Å². The summed E-state index contributed by atoms with van der Waals surface area (Å²) in [5, 5.41) is 3.05. The first-order valence-electron chi connectivity index (χ1n) is 8.98. The number of carbonyl (C=O) groups is 1. The lowest BCUT2D eigenvalue weighted by Crippen LogP contribution is -2.37. The highest BCUT2D eigenvalue weighted by Gasteiger charge is 2.30. The van der Waals surface area contributed by atoms with E-state index in [0.29, 0.717) is 40.7 Å². The standard InChI is InChI=1S/C20H20N6O3/c1-10-18-15(26-20(21)23-10)7-14(25-19(18)27)12-5-4-11(28-2)6-13(12)16-8-22-9-17(24-16)29-3/h4-6,8-9,14H,7H2,1-3H3,(H,25,27)(H2,21,23,26). The van der Waals surface area contributed by atoms with Crippen LogP contribution in [0.5, 0.6) is 11.6 Å². The summed E-state index contributed by atoms with van der Waals surface area (Å²) in [6.45, 7) is 1.75. The average Bonchev–Trinajstić information content (AvgIpc) is 2.72. The summed E-state index contributed by atoms with van der Waals surface area (Å²) >= 11 is 0. The van der Waals surface area contributed by atoms with E-state index in [4.69, 9.17) is 15.2 Å². The minimum Gasteiger partial charge on any atom is -0.497 e. The van der Waals surface area contributed by atoms with Crippen LogP contribution >= 0.6 is 0 Å². The molecule has 3 N–H and O–H groups in total. The van der Waals surface area contributed by atoms with Gasteiger partial charge in [0.05, 0.1) is 55.3 Å². The normalized spacial score (nSPS) is 15.4. The Kier molecular flexibility index (Phi) is 4.71. The first-order chi connectivity index (χ1) is 14.0. The van der Waals surface area contributed by atoms with Gasteiger partial charge in [0.15, 0.2) is 0 Å². The van der Waals surface area contributed by atoms with E-state index in [1.165, 1.54) is 13.3 Å². The quantitative estimate of drug-likeness (QED) is 0.689. The van der Waals surface area contributed by atoms with Gasteiger partial charge in [0.2, 0.25) is 11.8 Å². The Labute approximate surface area is 167 Å². The molecule has 1 amide bonds. The van der Waals surface area contributed by atoms with E-state index < -0.39 is 0 Å². The smallest absolute Gasteiger partial charge is 0.255 e. The Hall–Kier alpha value is -3.75. The van der Waals surface area contributed by atoms with Crippen molar-refractivity contribution in [3.05, 3.63) is 53.1 Å². The number of carbonyl (C=O) groups excluding carboxylic acids is 1. The van der Waals surface area contributed by atoms with Crippen molar-refractivity contribution in [2.45, 2.75) is 19.4 Å². The third-order valence-electron chi connectivity index (χ3n) is 4.85. The van der Waals surface area contributed by atoms with Crippen molar-refractivity contribution >= 4 is 11.9 Å². The highest BCUT2D eigenvalue weighted by Crippen LogP contribution is 2.35. The van der Waals surface area contributed by atoms with Gasteiger partial charge in [-0.25, -0.2) is 15.0 Å². The molecule has 0 saturated heterocycles. The zero-order valence-electron chi connectivity index (χ0n) is 16.3. The van der Waals surface area contributed by atoms with Gasteiger partial charge in [-0.2, -0.15) is 0 Å². The Morgan fingerprint density at radius 3 is 2.72 bits per heavy atom. The number of amides is 1. The number of nitrogens with one attached hydrogen (secondary N) is 1. The number of hydrogen-bond donors (Lipinski definition) is 2. The third-order valence-corrected chi connectivity index (χ3v) is 4.85. The number of ether oxygens (including phenoxy) is 2. The Morgan fingerprint density at radius 2 is 1.97 bits per heavy atom. The predicted molar refractivity (Wildman–Crippen MR) is 106 cm³/mol. The molecular formula is C20H20N6O3. The molecule has 0 bridgehead atoms. The van der Waals surface area contributed by atoms with E-state index in [2.05, 4.69) is 25.3 Å². The second kappa shape index (κ2) is 7.34. The first kappa shape index (κ1) is 18.6. The topological polar surface area (TPSA) is 125 Å². The molecule has 9 heteroatoms. The van der Waals surface area contributed by atoms with Crippen molar-refractivity contribution in [2.24, 2.45) is 0 Å². The molecule has 0 radical (unpaired) electrons. The molecular weight excluding hydrogens is 372 g/mol. The minimum atomic E-state index is -0.322. The summed E-state index contributed by atoms with van der Waals surface area (Å²) in [6.07, 6.45) is 3.65. The molecule has 0 fully saturated rings. The number of aryl methyl sites for hydroxylation is 1. The van der Waals surface area contributed by atoms with E-state index >= 15 is 0 Å². The summed E-state index contributed by atoms with van der Waals surface area (Å²) in [5.74, 6) is 0.985. The number of fused-ring (bicyclic) bond motifs is 1. The van der Waals surface area contributed by atoms with Crippen LogP contribution in [-0.2, 0) is 6.42 Å². The largest absolute Gasteiger partial charge is 0.497 e. The molecule has 0 spiro atoms. The number of nitrogens with zero attached hydrogens (tertiary/aromatic N) is 4. The number of nitrogen functional groups attached to an aromatic ring is 1. The van der Waals surface area contributed by atoms with E-state index in [1.807, 2.05) is 18.2 Å². The molecule has 3 heterocycles. The summed E-state index contributed by atoms with van der Waals surface area (Å²) in [5.41, 5.74) is 9.72.